The molecule has 27 heavy (non-hydrogen) atoms. The van der Waals surface area contributed by atoms with Gasteiger partial charge in [-0.15, -0.1) is 24.0 Å². The number of imidazole rings is 1. The Kier molecular flexibility index (Phi) is 8.90. The molecule has 1 aliphatic rings. The summed E-state index contributed by atoms with van der Waals surface area (Å²) in [4.78, 5) is 8.36. The van der Waals surface area contributed by atoms with Gasteiger partial charge in [-0.2, -0.15) is 0 Å². The van der Waals surface area contributed by atoms with Gasteiger partial charge in [0.15, 0.2) is 5.96 Å². The summed E-state index contributed by atoms with van der Waals surface area (Å²) in [5.74, 6) is 2.55. The van der Waals surface area contributed by atoms with Gasteiger partial charge in [-0.05, 0) is 43.7 Å². The monoisotopic (exact) mass is 483 g/mol. The maximum atomic E-state index is 6.04. The molecule has 0 saturated heterocycles. The molecule has 1 aliphatic carbocycles. The van der Waals surface area contributed by atoms with Crippen LogP contribution in [0, 0.1) is 12.8 Å². The molecule has 1 aromatic carbocycles. The van der Waals surface area contributed by atoms with E-state index >= 15 is 0 Å². The highest BCUT2D eigenvalue weighted by Crippen LogP contribution is 2.30. The molecule has 0 atom stereocenters. The highest BCUT2D eigenvalue weighted by Gasteiger charge is 2.22. The summed E-state index contributed by atoms with van der Waals surface area (Å²) < 4.78 is 8.12. The van der Waals surface area contributed by atoms with Crippen molar-refractivity contribution in [3.8, 4) is 5.75 Å². The van der Waals surface area contributed by atoms with Crippen LogP contribution in [0.4, 0.5) is 0 Å². The second-order valence-corrected chi connectivity index (χ2v) is 6.87. The summed E-state index contributed by atoms with van der Waals surface area (Å²) >= 11 is 0. The highest BCUT2D eigenvalue weighted by atomic mass is 127. The van der Waals surface area contributed by atoms with Gasteiger partial charge in [0, 0.05) is 44.6 Å². The average molecular weight is 483 g/mol. The van der Waals surface area contributed by atoms with E-state index in [0.29, 0.717) is 6.54 Å². The van der Waals surface area contributed by atoms with Crippen LogP contribution in [0.1, 0.15) is 30.4 Å². The van der Waals surface area contributed by atoms with E-state index in [1.165, 1.54) is 18.4 Å². The minimum atomic E-state index is 0. The lowest BCUT2D eigenvalue weighted by atomic mass is 10.1. The molecule has 0 amide bonds. The molecule has 1 saturated carbocycles. The molecule has 1 fully saturated rings. The Balaban J connectivity index is 0.00000261. The molecule has 2 N–H and O–H groups in total. The largest absolute Gasteiger partial charge is 0.493 e. The van der Waals surface area contributed by atoms with Crippen LogP contribution in [-0.2, 0) is 13.1 Å². The van der Waals surface area contributed by atoms with Gasteiger partial charge in [0.1, 0.15) is 5.75 Å². The fraction of sp³-hybridized carbons (Fsp3) is 0.500. The van der Waals surface area contributed by atoms with Gasteiger partial charge in [-0.1, -0.05) is 12.1 Å². The summed E-state index contributed by atoms with van der Waals surface area (Å²) in [6.45, 7) is 5.43. The number of nitrogens with zero attached hydrogens (tertiary/aromatic N) is 3. The first kappa shape index (κ1) is 21.5. The minimum absolute atomic E-state index is 0. The number of nitrogens with one attached hydrogen (secondary N) is 2. The summed E-state index contributed by atoms with van der Waals surface area (Å²) in [5, 5.41) is 6.74. The van der Waals surface area contributed by atoms with Crippen LogP contribution in [0.3, 0.4) is 0 Å². The molecule has 7 heteroatoms. The second kappa shape index (κ2) is 11.2. The molecule has 0 radical (unpaired) electrons. The number of ether oxygens (including phenoxy) is 1. The molecule has 0 aliphatic heterocycles. The third kappa shape index (κ3) is 7.40. The Labute approximate surface area is 178 Å². The van der Waals surface area contributed by atoms with Crippen molar-refractivity contribution in [1.82, 2.24) is 20.2 Å². The Morgan fingerprint density at radius 3 is 2.89 bits per heavy atom. The first-order valence-electron chi connectivity index (χ1n) is 9.37. The zero-order chi connectivity index (χ0) is 18.2. The lowest BCUT2D eigenvalue weighted by Gasteiger charge is -2.15. The lowest BCUT2D eigenvalue weighted by Crippen LogP contribution is -2.37. The lowest BCUT2D eigenvalue weighted by molar-refractivity contribution is 0.296. The number of aryl methyl sites for hydroxylation is 2. The summed E-state index contributed by atoms with van der Waals surface area (Å²) in [7, 11) is 1.80. The normalized spacial score (nSPS) is 13.8. The van der Waals surface area contributed by atoms with E-state index in [9.17, 15) is 0 Å². The van der Waals surface area contributed by atoms with Gasteiger partial charge in [0.05, 0.1) is 12.9 Å². The molecule has 6 nitrogen and oxygen atoms in total. The Morgan fingerprint density at radius 2 is 2.19 bits per heavy atom. The van der Waals surface area contributed by atoms with E-state index in [-0.39, 0.29) is 24.0 Å². The molecular formula is C20H30IN5O. The van der Waals surface area contributed by atoms with Crippen molar-refractivity contribution in [2.75, 3.05) is 20.2 Å². The molecule has 3 rings (SSSR count). The standard InChI is InChI=1S/C20H29N5O.HI/c1-16-4-7-18(19(12-16)26-14-17-5-6-17)13-24-20(21-2)23-8-3-10-25-11-9-22-15-25;/h4,7,9,11-12,15,17H,3,5-6,8,10,13-14H2,1-2H3,(H2,21,23,24);1H. The number of hydrogen-bond donors (Lipinski definition) is 2. The third-order valence-corrected chi connectivity index (χ3v) is 4.51. The van der Waals surface area contributed by atoms with Gasteiger partial charge >= 0.3 is 0 Å². The zero-order valence-corrected chi connectivity index (χ0v) is 18.5. The van der Waals surface area contributed by atoms with Crippen molar-refractivity contribution in [2.24, 2.45) is 10.9 Å². The second-order valence-electron chi connectivity index (χ2n) is 6.87. The predicted molar refractivity (Wildman–Crippen MR) is 120 cm³/mol. The average Bonchev–Trinajstić information content (AvgIpc) is 3.34. The quantitative estimate of drug-likeness (QED) is 0.249. The molecule has 1 heterocycles. The first-order valence-corrected chi connectivity index (χ1v) is 9.37. The van der Waals surface area contributed by atoms with Gasteiger partial charge in [-0.25, -0.2) is 4.98 Å². The number of hydrogen-bond acceptors (Lipinski definition) is 3. The maximum absolute atomic E-state index is 6.04. The summed E-state index contributed by atoms with van der Waals surface area (Å²) in [6.07, 6.45) is 9.24. The van der Waals surface area contributed by atoms with Crippen molar-refractivity contribution in [2.45, 2.75) is 39.3 Å². The van der Waals surface area contributed by atoms with Crippen LogP contribution in [-0.4, -0.2) is 35.7 Å². The van der Waals surface area contributed by atoms with Crippen LogP contribution in [0.15, 0.2) is 41.9 Å². The van der Waals surface area contributed by atoms with Crippen molar-refractivity contribution >= 4 is 29.9 Å². The molecule has 2 aromatic rings. The van der Waals surface area contributed by atoms with Crippen LogP contribution < -0.4 is 15.4 Å². The van der Waals surface area contributed by atoms with Gasteiger partial charge in [-0.3, -0.25) is 4.99 Å². The Bertz CT molecular complexity index is 713. The van der Waals surface area contributed by atoms with Gasteiger partial charge in [0.2, 0.25) is 0 Å². The van der Waals surface area contributed by atoms with E-state index < -0.39 is 0 Å². The van der Waals surface area contributed by atoms with E-state index in [2.05, 4.69) is 50.3 Å². The van der Waals surface area contributed by atoms with Gasteiger partial charge in [0.25, 0.3) is 0 Å². The first-order chi connectivity index (χ1) is 12.7. The zero-order valence-electron chi connectivity index (χ0n) is 16.1. The summed E-state index contributed by atoms with van der Waals surface area (Å²) in [6, 6.07) is 6.39. The Morgan fingerprint density at radius 1 is 1.33 bits per heavy atom. The number of guanidine groups is 1. The SMILES string of the molecule is CN=C(NCCCn1ccnc1)NCc1ccc(C)cc1OCC1CC1.I. The number of aliphatic imine (C=N–C) groups is 1. The van der Waals surface area contributed by atoms with Gasteiger partial charge < -0.3 is 19.9 Å². The number of halogens is 1. The fourth-order valence-electron chi connectivity index (χ4n) is 2.72. The molecular weight excluding hydrogens is 453 g/mol. The predicted octanol–water partition coefficient (Wildman–Crippen LogP) is 3.35. The van der Waals surface area contributed by atoms with Crippen LogP contribution in [0.2, 0.25) is 0 Å². The number of benzene rings is 1. The topological polar surface area (TPSA) is 63.5 Å². The Hall–Kier alpha value is -1.77. The third-order valence-electron chi connectivity index (χ3n) is 4.51. The molecule has 148 valence electrons. The van der Waals surface area contributed by atoms with Crippen molar-refractivity contribution in [3.05, 3.63) is 48.0 Å². The molecule has 0 unspecified atom stereocenters. The maximum Gasteiger partial charge on any atom is 0.191 e. The minimum Gasteiger partial charge on any atom is -0.493 e. The van der Waals surface area contributed by atoms with E-state index in [4.69, 9.17) is 4.74 Å². The highest BCUT2D eigenvalue weighted by molar-refractivity contribution is 14.0. The van der Waals surface area contributed by atoms with E-state index in [1.807, 2.05) is 12.5 Å². The number of rotatable bonds is 9. The van der Waals surface area contributed by atoms with Crippen LogP contribution in [0.5, 0.6) is 5.75 Å². The molecule has 0 spiro atoms. The van der Waals surface area contributed by atoms with Crippen molar-refractivity contribution in [3.63, 3.8) is 0 Å². The van der Waals surface area contributed by atoms with Crippen molar-refractivity contribution < 1.29 is 4.74 Å². The van der Waals surface area contributed by atoms with E-state index in [0.717, 1.165) is 49.3 Å². The molecule has 1 aromatic heterocycles. The fourth-order valence-corrected chi connectivity index (χ4v) is 2.72. The molecule has 0 bridgehead atoms. The number of aromatic nitrogens is 2. The van der Waals surface area contributed by atoms with Crippen LogP contribution >= 0.6 is 24.0 Å². The summed E-state index contributed by atoms with van der Waals surface area (Å²) in [5.41, 5.74) is 2.39. The van der Waals surface area contributed by atoms with E-state index in [1.54, 1.807) is 13.2 Å². The van der Waals surface area contributed by atoms with Crippen molar-refractivity contribution in [1.29, 1.82) is 0 Å². The smallest absolute Gasteiger partial charge is 0.191 e. The van der Waals surface area contributed by atoms with Crippen LogP contribution in [0.25, 0.3) is 0 Å².